The Kier molecular flexibility index (Phi) is 6.00. The van der Waals surface area contributed by atoms with Crippen LogP contribution in [-0.2, 0) is 6.42 Å². The molecule has 2 N–H and O–H groups in total. The number of nitrogens with zero attached hydrogens (tertiary/aromatic N) is 4. The highest BCUT2D eigenvalue weighted by Crippen LogP contribution is 2.15. The Balaban J connectivity index is 1.61. The Labute approximate surface area is 154 Å². The Morgan fingerprint density at radius 2 is 2.04 bits per heavy atom. The lowest BCUT2D eigenvalue weighted by Gasteiger charge is -2.34. The first-order valence-corrected chi connectivity index (χ1v) is 9.27. The SMILES string of the molecule is CCc1cc(=O)[nH]c(-c2ccc(NC(C)CN3CCN(C)CC3)nc2)n1. The van der Waals surface area contributed by atoms with Crippen LogP contribution in [0.3, 0.4) is 0 Å². The maximum atomic E-state index is 11.7. The van der Waals surface area contributed by atoms with Gasteiger partial charge in [0.05, 0.1) is 0 Å². The van der Waals surface area contributed by atoms with Crippen LogP contribution >= 0.6 is 0 Å². The molecule has 1 saturated heterocycles. The van der Waals surface area contributed by atoms with Gasteiger partial charge in [-0.05, 0) is 32.5 Å². The van der Waals surface area contributed by atoms with Crippen molar-refractivity contribution in [3.8, 4) is 11.4 Å². The molecular formula is C19H28N6O. The second-order valence-corrected chi connectivity index (χ2v) is 7.02. The van der Waals surface area contributed by atoms with Gasteiger partial charge in [-0.2, -0.15) is 0 Å². The van der Waals surface area contributed by atoms with E-state index in [-0.39, 0.29) is 5.56 Å². The molecule has 0 radical (unpaired) electrons. The van der Waals surface area contributed by atoms with Crippen LogP contribution in [0.25, 0.3) is 11.4 Å². The van der Waals surface area contributed by atoms with Crippen LogP contribution < -0.4 is 10.9 Å². The van der Waals surface area contributed by atoms with Crippen LogP contribution in [0, 0.1) is 0 Å². The molecule has 0 bridgehead atoms. The Hall–Kier alpha value is -2.25. The Bertz CT molecular complexity index is 764. The minimum Gasteiger partial charge on any atom is -0.366 e. The van der Waals surface area contributed by atoms with Crippen molar-refractivity contribution in [3.63, 3.8) is 0 Å². The van der Waals surface area contributed by atoms with Gasteiger partial charge >= 0.3 is 0 Å². The number of likely N-dealkylation sites (N-methyl/N-ethyl adjacent to an activating group) is 1. The normalized spacial score (nSPS) is 17.2. The standard InChI is InChI=1S/C19H28N6O/c1-4-16-11-18(26)23-19(22-16)15-5-6-17(20-12-15)21-14(2)13-25-9-7-24(3)8-10-25/h5-6,11-12,14H,4,7-10,13H2,1-3H3,(H,20,21)(H,22,23,26). The fourth-order valence-electron chi connectivity index (χ4n) is 3.16. The van der Waals surface area contributed by atoms with E-state index in [0.717, 1.165) is 56.2 Å². The molecule has 26 heavy (non-hydrogen) atoms. The molecule has 1 atom stereocenters. The molecule has 0 amide bonds. The maximum Gasteiger partial charge on any atom is 0.251 e. The lowest BCUT2D eigenvalue weighted by atomic mass is 10.2. The molecule has 2 aromatic rings. The van der Waals surface area contributed by atoms with E-state index in [0.29, 0.717) is 11.9 Å². The van der Waals surface area contributed by atoms with Crippen LogP contribution in [0.2, 0.25) is 0 Å². The summed E-state index contributed by atoms with van der Waals surface area (Å²) in [7, 11) is 2.17. The van der Waals surface area contributed by atoms with E-state index in [1.807, 2.05) is 19.1 Å². The second-order valence-electron chi connectivity index (χ2n) is 7.02. The third-order valence-electron chi connectivity index (χ3n) is 4.72. The van der Waals surface area contributed by atoms with Crippen molar-refractivity contribution in [2.45, 2.75) is 26.3 Å². The summed E-state index contributed by atoms with van der Waals surface area (Å²) < 4.78 is 0. The molecule has 7 nitrogen and oxygen atoms in total. The molecule has 3 heterocycles. The van der Waals surface area contributed by atoms with Crippen molar-refractivity contribution in [3.05, 3.63) is 40.4 Å². The minimum absolute atomic E-state index is 0.130. The van der Waals surface area contributed by atoms with Gasteiger partial charge in [0.25, 0.3) is 5.56 Å². The maximum absolute atomic E-state index is 11.7. The van der Waals surface area contributed by atoms with Crippen LogP contribution in [0.15, 0.2) is 29.2 Å². The average Bonchev–Trinajstić information content (AvgIpc) is 2.63. The highest BCUT2D eigenvalue weighted by Gasteiger charge is 2.16. The quantitative estimate of drug-likeness (QED) is 0.816. The molecule has 0 aromatic carbocycles. The summed E-state index contributed by atoms with van der Waals surface area (Å²) in [4.78, 5) is 28.3. The van der Waals surface area contributed by atoms with Crippen molar-refractivity contribution in [2.24, 2.45) is 0 Å². The summed E-state index contributed by atoms with van der Waals surface area (Å²) in [6.07, 6.45) is 2.48. The van der Waals surface area contributed by atoms with E-state index >= 15 is 0 Å². The van der Waals surface area contributed by atoms with E-state index in [9.17, 15) is 4.79 Å². The van der Waals surface area contributed by atoms with Crippen molar-refractivity contribution < 1.29 is 0 Å². The summed E-state index contributed by atoms with van der Waals surface area (Å²) in [6.45, 7) is 9.65. The molecule has 1 aliphatic heterocycles. The molecule has 1 aliphatic rings. The molecule has 7 heteroatoms. The molecule has 3 rings (SSSR count). The molecule has 0 spiro atoms. The summed E-state index contributed by atoms with van der Waals surface area (Å²) in [5.74, 6) is 1.41. The van der Waals surface area contributed by atoms with Gasteiger partial charge in [-0.15, -0.1) is 0 Å². The first-order valence-electron chi connectivity index (χ1n) is 9.27. The number of aromatic amines is 1. The smallest absolute Gasteiger partial charge is 0.251 e. The topological polar surface area (TPSA) is 77.2 Å². The molecular weight excluding hydrogens is 328 g/mol. The molecule has 140 valence electrons. The molecule has 1 fully saturated rings. The van der Waals surface area contributed by atoms with E-state index in [1.54, 1.807) is 6.20 Å². The van der Waals surface area contributed by atoms with Gasteiger partial charge < -0.3 is 15.2 Å². The van der Waals surface area contributed by atoms with Gasteiger partial charge in [0, 0.05) is 62.3 Å². The summed E-state index contributed by atoms with van der Waals surface area (Å²) in [5, 5.41) is 3.45. The van der Waals surface area contributed by atoms with Crippen molar-refractivity contribution in [1.29, 1.82) is 0 Å². The van der Waals surface area contributed by atoms with Gasteiger partial charge in [-0.25, -0.2) is 9.97 Å². The molecule has 2 aromatic heterocycles. The van der Waals surface area contributed by atoms with Crippen LogP contribution in [0.4, 0.5) is 5.82 Å². The fraction of sp³-hybridized carbons (Fsp3) is 0.526. The number of hydrogen-bond donors (Lipinski definition) is 2. The zero-order valence-corrected chi connectivity index (χ0v) is 15.8. The zero-order valence-electron chi connectivity index (χ0n) is 15.8. The first-order chi connectivity index (χ1) is 12.5. The minimum atomic E-state index is -0.130. The van der Waals surface area contributed by atoms with Gasteiger partial charge in [0.15, 0.2) is 0 Å². The predicted octanol–water partition coefficient (Wildman–Crippen LogP) is 1.44. The van der Waals surface area contributed by atoms with Crippen molar-refractivity contribution in [1.82, 2.24) is 24.8 Å². The van der Waals surface area contributed by atoms with Crippen LogP contribution in [-0.4, -0.2) is 70.6 Å². The third kappa shape index (κ3) is 4.89. The molecule has 1 unspecified atom stereocenters. The van der Waals surface area contributed by atoms with Gasteiger partial charge in [0.1, 0.15) is 11.6 Å². The third-order valence-corrected chi connectivity index (χ3v) is 4.72. The largest absolute Gasteiger partial charge is 0.366 e. The summed E-state index contributed by atoms with van der Waals surface area (Å²) >= 11 is 0. The van der Waals surface area contributed by atoms with Gasteiger partial charge in [-0.1, -0.05) is 6.92 Å². The number of hydrogen-bond acceptors (Lipinski definition) is 6. The number of nitrogens with one attached hydrogen (secondary N) is 2. The van der Waals surface area contributed by atoms with Crippen molar-refractivity contribution in [2.75, 3.05) is 45.1 Å². The number of anilines is 1. The summed E-state index contributed by atoms with van der Waals surface area (Å²) in [6, 6.07) is 5.73. The number of pyridine rings is 1. The lowest BCUT2D eigenvalue weighted by molar-refractivity contribution is 0.151. The van der Waals surface area contributed by atoms with E-state index in [1.165, 1.54) is 6.07 Å². The number of aryl methyl sites for hydroxylation is 1. The second kappa shape index (κ2) is 8.42. The number of H-pyrrole nitrogens is 1. The Morgan fingerprint density at radius 1 is 1.27 bits per heavy atom. The van der Waals surface area contributed by atoms with Crippen LogP contribution in [0.5, 0.6) is 0 Å². The molecule has 0 aliphatic carbocycles. The monoisotopic (exact) mass is 356 g/mol. The highest BCUT2D eigenvalue weighted by molar-refractivity contribution is 5.56. The summed E-state index contributed by atoms with van der Waals surface area (Å²) in [5.41, 5.74) is 1.47. The first kappa shape index (κ1) is 18.5. The average molecular weight is 356 g/mol. The van der Waals surface area contributed by atoms with Gasteiger partial charge in [-0.3, -0.25) is 9.69 Å². The van der Waals surface area contributed by atoms with E-state index < -0.39 is 0 Å². The van der Waals surface area contributed by atoms with Gasteiger partial charge in [0.2, 0.25) is 0 Å². The fourth-order valence-corrected chi connectivity index (χ4v) is 3.16. The van der Waals surface area contributed by atoms with Crippen molar-refractivity contribution >= 4 is 5.82 Å². The predicted molar refractivity (Wildman–Crippen MR) is 104 cm³/mol. The Morgan fingerprint density at radius 3 is 2.69 bits per heavy atom. The number of rotatable bonds is 6. The van der Waals surface area contributed by atoms with E-state index in [2.05, 4.69) is 44.0 Å². The number of piperazine rings is 1. The lowest BCUT2D eigenvalue weighted by Crippen LogP contribution is -2.47. The van der Waals surface area contributed by atoms with E-state index in [4.69, 9.17) is 0 Å². The number of aromatic nitrogens is 3. The van der Waals surface area contributed by atoms with Crippen LogP contribution in [0.1, 0.15) is 19.5 Å². The zero-order chi connectivity index (χ0) is 18.5. The molecule has 0 saturated carbocycles. The highest BCUT2D eigenvalue weighted by atomic mass is 16.1.